The SMILES string of the molecule is CCNC(=O)c1cc(C(=O)NC)c2c(c1)C(c1cccc(OC)c1)C(CO)O2. The van der Waals surface area contributed by atoms with Crippen LogP contribution in [0.25, 0.3) is 0 Å². The Hall–Kier alpha value is -3.06. The fourth-order valence-electron chi connectivity index (χ4n) is 3.50. The normalized spacial score (nSPS) is 17.4. The number of nitrogens with one attached hydrogen (secondary N) is 2. The van der Waals surface area contributed by atoms with E-state index in [0.29, 0.717) is 29.2 Å². The minimum atomic E-state index is -0.574. The molecule has 7 nitrogen and oxygen atoms in total. The molecule has 0 aliphatic carbocycles. The van der Waals surface area contributed by atoms with Crippen LogP contribution < -0.4 is 20.1 Å². The number of benzene rings is 2. The summed E-state index contributed by atoms with van der Waals surface area (Å²) in [5, 5.41) is 15.2. The zero-order valence-corrected chi connectivity index (χ0v) is 16.1. The Morgan fingerprint density at radius 3 is 2.64 bits per heavy atom. The van der Waals surface area contributed by atoms with Crippen LogP contribution in [-0.4, -0.2) is 50.3 Å². The molecule has 28 heavy (non-hydrogen) atoms. The van der Waals surface area contributed by atoms with E-state index >= 15 is 0 Å². The molecule has 0 radical (unpaired) electrons. The van der Waals surface area contributed by atoms with Gasteiger partial charge in [0, 0.05) is 24.7 Å². The molecular weight excluding hydrogens is 360 g/mol. The van der Waals surface area contributed by atoms with Crippen LogP contribution in [-0.2, 0) is 0 Å². The molecule has 0 bridgehead atoms. The Bertz CT molecular complexity index is 896. The summed E-state index contributed by atoms with van der Waals surface area (Å²) < 4.78 is 11.3. The summed E-state index contributed by atoms with van der Waals surface area (Å²) in [5.41, 5.74) is 2.20. The van der Waals surface area contributed by atoms with E-state index in [2.05, 4.69) is 10.6 Å². The van der Waals surface area contributed by atoms with Crippen molar-refractivity contribution in [3.63, 3.8) is 0 Å². The molecule has 2 amide bonds. The smallest absolute Gasteiger partial charge is 0.254 e. The summed E-state index contributed by atoms with van der Waals surface area (Å²) in [7, 11) is 3.10. The number of fused-ring (bicyclic) bond motifs is 1. The zero-order valence-electron chi connectivity index (χ0n) is 16.1. The molecular formula is C21H24N2O5. The van der Waals surface area contributed by atoms with Crippen LogP contribution in [0.15, 0.2) is 36.4 Å². The number of carbonyl (C=O) groups excluding carboxylic acids is 2. The second-order valence-corrected chi connectivity index (χ2v) is 6.47. The standard InChI is InChI=1S/C21H24N2O5/c1-4-23-20(25)13-9-15-18(12-6-5-7-14(8-12)27-3)17(11-24)28-19(15)16(10-13)21(26)22-2/h5-10,17-18,24H,4,11H2,1-3H3,(H,22,26)(H,23,25). The van der Waals surface area contributed by atoms with Gasteiger partial charge in [-0.05, 0) is 36.8 Å². The third-order valence-corrected chi connectivity index (χ3v) is 4.80. The van der Waals surface area contributed by atoms with Crippen molar-refractivity contribution in [2.24, 2.45) is 0 Å². The predicted molar refractivity (Wildman–Crippen MR) is 104 cm³/mol. The number of aliphatic hydroxyl groups is 1. The van der Waals surface area contributed by atoms with Crippen molar-refractivity contribution in [3.05, 3.63) is 58.7 Å². The summed E-state index contributed by atoms with van der Waals surface area (Å²) in [4.78, 5) is 24.9. The molecule has 0 spiro atoms. The molecule has 3 rings (SSSR count). The van der Waals surface area contributed by atoms with Gasteiger partial charge in [-0.1, -0.05) is 12.1 Å². The third-order valence-electron chi connectivity index (χ3n) is 4.80. The molecule has 2 unspecified atom stereocenters. The number of methoxy groups -OCH3 is 1. The van der Waals surface area contributed by atoms with Gasteiger partial charge in [0.15, 0.2) is 0 Å². The monoisotopic (exact) mass is 384 g/mol. The van der Waals surface area contributed by atoms with E-state index in [0.717, 1.165) is 5.56 Å². The number of aliphatic hydroxyl groups excluding tert-OH is 1. The molecule has 2 atom stereocenters. The lowest BCUT2D eigenvalue weighted by Gasteiger charge is -2.18. The van der Waals surface area contributed by atoms with Crippen molar-refractivity contribution >= 4 is 11.8 Å². The number of hydrogen-bond acceptors (Lipinski definition) is 5. The molecule has 1 heterocycles. The van der Waals surface area contributed by atoms with Crippen LogP contribution in [0.5, 0.6) is 11.5 Å². The summed E-state index contributed by atoms with van der Waals surface area (Å²) in [6, 6.07) is 10.7. The second kappa shape index (κ2) is 8.31. The highest BCUT2D eigenvalue weighted by Gasteiger charge is 2.38. The second-order valence-electron chi connectivity index (χ2n) is 6.47. The van der Waals surface area contributed by atoms with Gasteiger partial charge in [0.2, 0.25) is 0 Å². The van der Waals surface area contributed by atoms with Crippen LogP contribution >= 0.6 is 0 Å². The van der Waals surface area contributed by atoms with E-state index in [1.165, 1.54) is 13.1 Å². The Balaban J connectivity index is 2.19. The van der Waals surface area contributed by atoms with Crippen LogP contribution in [0.2, 0.25) is 0 Å². The van der Waals surface area contributed by atoms with E-state index in [1.54, 1.807) is 13.2 Å². The summed E-state index contributed by atoms with van der Waals surface area (Å²) in [5.74, 6) is 0.0962. The van der Waals surface area contributed by atoms with Crippen molar-refractivity contribution in [3.8, 4) is 11.5 Å². The van der Waals surface area contributed by atoms with E-state index in [-0.39, 0.29) is 29.9 Å². The van der Waals surface area contributed by atoms with E-state index in [1.807, 2.05) is 31.2 Å². The Morgan fingerprint density at radius 2 is 2.00 bits per heavy atom. The van der Waals surface area contributed by atoms with Crippen LogP contribution in [0.3, 0.4) is 0 Å². The van der Waals surface area contributed by atoms with Crippen molar-refractivity contribution in [1.29, 1.82) is 0 Å². The molecule has 0 fully saturated rings. The Labute approximate surface area is 163 Å². The first kappa shape index (κ1) is 19.7. The molecule has 1 aliphatic heterocycles. The van der Waals surface area contributed by atoms with Gasteiger partial charge in [0.05, 0.1) is 25.2 Å². The number of carbonyl (C=O) groups is 2. The lowest BCUT2D eigenvalue weighted by Crippen LogP contribution is -2.24. The molecule has 148 valence electrons. The molecule has 2 aromatic rings. The fourth-order valence-corrected chi connectivity index (χ4v) is 3.50. The lowest BCUT2D eigenvalue weighted by atomic mass is 9.86. The minimum absolute atomic E-state index is 0.236. The van der Waals surface area contributed by atoms with Crippen LogP contribution in [0.4, 0.5) is 0 Å². The largest absolute Gasteiger partial charge is 0.497 e. The first-order valence-electron chi connectivity index (χ1n) is 9.13. The van der Waals surface area contributed by atoms with Crippen molar-refractivity contribution in [2.75, 3.05) is 27.3 Å². The molecule has 0 aromatic heterocycles. The average Bonchev–Trinajstić information content (AvgIpc) is 3.11. The molecule has 0 saturated carbocycles. The first-order chi connectivity index (χ1) is 13.5. The summed E-state index contributed by atoms with van der Waals surface area (Å²) in [6.45, 7) is 2.06. The van der Waals surface area contributed by atoms with Gasteiger partial charge in [-0.25, -0.2) is 0 Å². The van der Waals surface area contributed by atoms with E-state index in [4.69, 9.17) is 9.47 Å². The topological polar surface area (TPSA) is 96.9 Å². The van der Waals surface area contributed by atoms with Crippen molar-refractivity contribution in [2.45, 2.75) is 18.9 Å². The highest BCUT2D eigenvalue weighted by Crippen LogP contribution is 2.45. The number of amides is 2. The van der Waals surface area contributed by atoms with Gasteiger partial charge >= 0.3 is 0 Å². The fraction of sp³-hybridized carbons (Fsp3) is 0.333. The predicted octanol–water partition coefficient (Wildman–Crippen LogP) is 1.69. The maximum Gasteiger partial charge on any atom is 0.254 e. The van der Waals surface area contributed by atoms with Crippen molar-refractivity contribution in [1.82, 2.24) is 10.6 Å². The van der Waals surface area contributed by atoms with Gasteiger partial charge in [-0.15, -0.1) is 0 Å². The molecule has 0 saturated heterocycles. The molecule has 3 N–H and O–H groups in total. The maximum absolute atomic E-state index is 12.4. The quantitative estimate of drug-likeness (QED) is 0.704. The van der Waals surface area contributed by atoms with Crippen molar-refractivity contribution < 1.29 is 24.2 Å². The molecule has 7 heteroatoms. The maximum atomic E-state index is 12.4. The highest BCUT2D eigenvalue weighted by atomic mass is 16.5. The zero-order chi connectivity index (χ0) is 20.3. The van der Waals surface area contributed by atoms with E-state index < -0.39 is 6.10 Å². The number of rotatable bonds is 6. The average molecular weight is 384 g/mol. The third kappa shape index (κ3) is 3.53. The Kier molecular flexibility index (Phi) is 5.84. The Morgan fingerprint density at radius 1 is 1.21 bits per heavy atom. The van der Waals surface area contributed by atoms with Gasteiger partial charge in [-0.2, -0.15) is 0 Å². The minimum Gasteiger partial charge on any atom is -0.497 e. The first-order valence-corrected chi connectivity index (χ1v) is 9.13. The van der Waals surface area contributed by atoms with Crippen LogP contribution in [0.1, 0.15) is 44.7 Å². The van der Waals surface area contributed by atoms with Gasteiger partial charge < -0.3 is 25.2 Å². The summed E-state index contributed by atoms with van der Waals surface area (Å²) >= 11 is 0. The van der Waals surface area contributed by atoms with Gasteiger partial charge in [-0.3, -0.25) is 9.59 Å². The van der Waals surface area contributed by atoms with Gasteiger partial charge in [0.25, 0.3) is 11.8 Å². The number of ether oxygens (including phenoxy) is 2. The number of hydrogen-bond donors (Lipinski definition) is 3. The van der Waals surface area contributed by atoms with E-state index in [9.17, 15) is 14.7 Å². The van der Waals surface area contributed by atoms with Crippen LogP contribution in [0, 0.1) is 0 Å². The lowest BCUT2D eigenvalue weighted by molar-refractivity contribution is 0.0947. The highest BCUT2D eigenvalue weighted by molar-refractivity contribution is 6.02. The molecule has 1 aliphatic rings. The molecule has 2 aromatic carbocycles. The van der Waals surface area contributed by atoms with Gasteiger partial charge in [0.1, 0.15) is 17.6 Å². The summed E-state index contributed by atoms with van der Waals surface area (Å²) in [6.07, 6.45) is -0.574.